The minimum Gasteiger partial charge on any atom is -0.377 e. The van der Waals surface area contributed by atoms with Gasteiger partial charge in [0.1, 0.15) is 0 Å². The van der Waals surface area contributed by atoms with E-state index in [1.54, 1.807) is 25.1 Å². The lowest BCUT2D eigenvalue weighted by Crippen LogP contribution is -2.53. The smallest absolute Gasteiger partial charge is 0.314 e. The molecule has 0 bridgehead atoms. The molecule has 1 aliphatic heterocycles. The van der Waals surface area contributed by atoms with Crippen molar-refractivity contribution in [3.63, 3.8) is 0 Å². The summed E-state index contributed by atoms with van der Waals surface area (Å²) in [5.74, 6) is 0. The highest BCUT2D eigenvalue weighted by atomic mass is 35.5. The van der Waals surface area contributed by atoms with Crippen LogP contribution in [0.15, 0.2) is 44.8 Å². The van der Waals surface area contributed by atoms with E-state index in [1.807, 2.05) is 0 Å². The summed E-state index contributed by atoms with van der Waals surface area (Å²) in [6.07, 6.45) is 0. The molecule has 2 heterocycles. The molecule has 9 nitrogen and oxygen atoms in total. The van der Waals surface area contributed by atoms with Gasteiger partial charge in [0.15, 0.2) is 0 Å². The summed E-state index contributed by atoms with van der Waals surface area (Å²) in [5, 5.41) is 0.414. The van der Waals surface area contributed by atoms with E-state index in [-0.39, 0.29) is 16.0 Å². The Labute approximate surface area is 189 Å². The number of fused-ring (bicyclic) bond motifs is 1. The number of rotatable bonds is 4. The van der Waals surface area contributed by atoms with Gasteiger partial charge in [-0.15, -0.1) is 0 Å². The van der Waals surface area contributed by atoms with Crippen LogP contribution in [0.4, 0.5) is 11.4 Å². The maximum atomic E-state index is 13.1. The van der Waals surface area contributed by atoms with E-state index in [4.69, 9.17) is 16.3 Å². The van der Waals surface area contributed by atoms with Gasteiger partial charge in [0.2, 0.25) is 0 Å². The second-order valence-electron chi connectivity index (χ2n) is 8.36. The number of morpholine rings is 1. The maximum Gasteiger partial charge on any atom is 0.314 e. The van der Waals surface area contributed by atoms with Crippen molar-refractivity contribution < 1.29 is 13.2 Å². The first-order valence-corrected chi connectivity index (χ1v) is 11.8. The first kappa shape index (κ1) is 22.4. The zero-order valence-corrected chi connectivity index (χ0v) is 19.4. The molecule has 0 amide bonds. The summed E-state index contributed by atoms with van der Waals surface area (Å²) < 4.78 is 34.2. The minimum atomic E-state index is -3.99. The number of ether oxygens (including phenoxy) is 1. The Morgan fingerprint density at radius 1 is 1.09 bits per heavy atom. The van der Waals surface area contributed by atoms with Gasteiger partial charge in [0, 0.05) is 6.54 Å². The zero-order valence-electron chi connectivity index (χ0n) is 17.8. The van der Waals surface area contributed by atoms with Crippen molar-refractivity contribution in [1.82, 2.24) is 9.97 Å². The molecule has 3 N–H and O–H groups in total. The molecule has 4 rings (SSSR count). The van der Waals surface area contributed by atoms with Crippen LogP contribution in [-0.2, 0) is 14.8 Å². The number of aromatic nitrogens is 2. The summed E-state index contributed by atoms with van der Waals surface area (Å²) in [4.78, 5) is 30.1. The molecule has 3 aromatic rings. The molecule has 0 unspecified atom stereocenters. The van der Waals surface area contributed by atoms with Crippen LogP contribution in [0.25, 0.3) is 11.0 Å². The molecule has 32 heavy (non-hydrogen) atoms. The highest BCUT2D eigenvalue weighted by molar-refractivity contribution is 7.92. The number of nitrogens with one attached hydrogen (secondary N) is 3. The fraction of sp³-hybridized carbons (Fsp3) is 0.333. The summed E-state index contributed by atoms with van der Waals surface area (Å²) in [7, 11) is -3.99. The van der Waals surface area contributed by atoms with Crippen LogP contribution in [0.5, 0.6) is 0 Å². The zero-order chi connectivity index (χ0) is 23.3. The predicted molar refractivity (Wildman–Crippen MR) is 124 cm³/mol. The topological polar surface area (TPSA) is 124 Å². The number of hydrogen-bond donors (Lipinski definition) is 3. The lowest BCUT2D eigenvalue weighted by Gasteiger charge is -2.44. The second kappa shape index (κ2) is 7.95. The van der Waals surface area contributed by atoms with E-state index < -0.39 is 21.1 Å². The Morgan fingerprint density at radius 2 is 1.75 bits per heavy atom. The molecule has 0 aliphatic carbocycles. The number of aryl methyl sites for hydroxylation is 1. The van der Waals surface area contributed by atoms with E-state index in [9.17, 15) is 18.0 Å². The van der Waals surface area contributed by atoms with Gasteiger partial charge in [-0.2, -0.15) is 0 Å². The monoisotopic (exact) mass is 478 g/mol. The number of halogens is 1. The Bertz CT molecular complexity index is 1430. The summed E-state index contributed by atoms with van der Waals surface area (Å²) in [6, 6.07) is 7.81. The highest BCUT2D eigenvalue weighted by Crippen LogP contribution is 2.35. The molecule has 0 radical (unpaired) electrons. The standard InChI is InChI=1S/C21H23ClN4O5S/c1-12-8-15-16(24-20(28)19(27)23-15)10-18(12)32(29,30)25-13-4-5-17(14(22)9-13)26-6-7-31-11-21(26,2)3/h4-5,8-10,25H,6-7,11H2,1-3H3,(H,23,27)(H,24,28). The number of sulfonamides is 1. The molecule has 2 aromatic carbocycles. The fourth-order valence-corrected chi connectivity index (χ4v) is 5.43. The molecule has 1 fully saturated rings. The number of nitrogens with zero attached hydrogens (tertiary/aromatic N) is 1. The molecule has 170 valence electrons. The van der Waals surface area contributed by atoms with Crippen molar-refractivity contribution in [2.75, 3.05) is 29.4 Å². The first-order valence-electron chi connectivity index (χ1n) is 9.93. The molecule has 11 heteroatoms. The molecule has 0 atom stereocenters. The third-order valence-electron chi connectivity index (χ3n) is 5.44. The van der Waals surface area contributed by atoms with Gasteiger partial charge < -0.3 is 19.6 Å². The van der Waals surface area contributed by atoms with Crippen LogP contribution in [-0.4, -0.2) is 43.7 Å². The number of benzene rings is 2. The average molecular weight is 479 g/mol. The molecule has 1 aromatic heterocycles. The Kier molecular flexibility index (Phi) is 5.56. The fourth-order valence-electron chi connectivity index (χ4n) is 3.85. The summed E-state index contributed by atoms with van der Waals surface area (Å²) >= 11 is 6.52. The van der Waals surface area contributed by atoms with Gasteiger partial charge in [-0.3, -0.25) is 14.3 Å². The normalized spacial score (nSPS) is 16.3. The molecule has 0 saturated carbocycles. The summed E-state index contributed by atoms with van der Waals surface area (Å²) in [6.45, 7) is 7.54. The van der Waals surface area contributed by atoms with Gasteiger partial charge >= 0.3 is 11.1 Å². The van der Waals surface area contributed by atoms with E-state index in [0.29, 0.717) is 41.5 Å². The SMILES string of the molecule is Cc1cc2[nH]c(=O)c(=O)[nH]c2cc1S(=O)(=O)Nc1ccc(N2CCOCC2(C)C)c(Cl)c1. The van der Waals surface area contributed by atoms with Crippen LogP contribution >= 0.6 is 11.6 Å². The van der Waals surface area contributed by atoms with Gasteiger partial charge in [-0.1, -0.05) is 11.6 Å². The summed E-state index contributed by atoms with van der Waals surface area (Å²) in [5.41, 5.74) is 0.157. The van der Waals surface area contributed by atoms with Crippen molar-refractivity contribution >= 4 is 44.0 Å². The van der Waals surface area contributed by atoms with E-state index >= 15 is 0 Å². The lowest BCUT2D eigenvalue weighted by atomic mass is 10.0. The highest BCUT2D eigenvalue weighted by Gasteiger charge is 2.32. The number of hydrogen-bond acceptors (Lipinski definition) is 6. The first-order chi connectivity index (χ1) is 15.0. The lowest BCUT2D eigenvalue weighted by molar-refractivity contribution is 0.0644. The van der Waals surface area contributed by atoms with Gasteiger partial charge in [0.05, 0.1) is 51.1 Å². The van der Waals surface area contributed by atoms with E-state index in [1.165, 1.54) is 12.1 Å². The van der Waals surface area contributed by atoms with Crippen molar-refractivity contribution in [1.29, 1.82) is 0 Å². The van der Waals surface area contributed by atoms with Gasteiger partial charge in [-0.05, 0) is 56.7 Å². The van der Waals surface area contributed by atoms with Gasteiger partial charge in [0.25, 0.3) is 10.0 Å². The van der Waals surface area contributed by atoms with Gasteiger partial charge in [-0.25, -0.2) is 8.42 Å². The number of H-pyrrole nitrogens is 2. The van der Waals surface area contributed by atoms with Crippen LogP contribution in [0, 0.1) is 6.92 Å². The second-order valence-corrected chi connectivity index (χ2v) is 10.4. The van der Waals surface area contributed by atoms with Crippen LogP contribution < -0.4 is 20.7 Å². The Hall–Kier alpha value is -2.82. The largest absolute Gasteiger partial charge is 0.377 e. The number of anilines is 2. The third-order valence-corrected chi connectivity index (χ3v) is 7.27. The average Bonchev–Trinajstić information content (AvgIpc) is 2.69. The van der Waals surface area contributed by atoms with Crippen LogP contribution in [0.3, 0.4) is 0 Å². The molecular formula is C21H23ClN4O5S. The Balaban J connectivity index is 1.67. The minimum absolute atomic E-state index is 0.0257. The molecule has 0 spiro atoms. The number of aromatic amines is 2. The quantitative estimate of drug-likeness (QED) is 0.495. The third kappa shape index (κ3) is 4.13. The van der Waals surface area contributed by atoms with Crippen molar-refractivity contribution in [2.45, 2.75) is 31.2 Å². The molecule has 1 aliphatic rings. The van der Waals surface area contributed by atoms with Crippen molar-refractivity contribution in [3.05, 3.63) is 61.6 Å². The Morgan fingerprint density at radius 3 is 2.38 bits per heavy atom. The predicted octanol–water partition coefficient (Wildman–Crippen LogP) is 2.59. The van der Waals surface area contributed by atoms with Crippen LogP contribution in [0.1, 0.15) is 19.4 Å². The van der Waals surface area contributed by atoms with Crippen molar-refractivity contribution in [2.24, 2.45) is 0 Å². The van der Waals surface area contributed by atoms with Crippen molar-refractivity contribution in [3.8, 4) is 0 Å². The van der Waals surface area contributed by atoms with E-state index in [0.717, 1.165) is 5.69 Å². The molecule has 1 saturated heterocycles. The molecular weight excluding hydrogens is 456 g/mol. The maximum absolute atomic E-state index is 13.1. The van der Waals surface area contributed by atoms with E-state index in [2.05, 4.69) is 33.4 Å². The van der Waals surface area contributed by atoms with Crippen LogP contribution in [0.2, 0.25) is 5.02 Å².